The van der Waals surface area contributed by atoms with Crippen LogP contribution in [-0.4, -0.2) is 47.6 Å². The Morgan fingerprint density at radius 1 is 1.19 bits per heavy atom. The quantitative estimate of drug-likeness (QED) is 0.307. The maximum atomic E-state index is 13.4. The summed E-state index contributed by atoms with van der Waals surface area (Å²) in [6.45, 7) is 4.82. The minimum atomic E-state index is -0.794. The highest BCUT2D eigenvalue weighted by Gasteiger charge is 2.47. The molecule has 0 aliphatic carbocycles. The number of halogens is 1. The van der Waals surface area contributed by atoms with Crippen LogP contribution in [0, 0.1) is 5.82 Å². The van der Waals surface area contributed by atoms with Crippen LogP contribution in [-0.2, 0) is 14.3 Å². The van der Waals surface area contributed by atoms with Crippen LogP contribution >= 0.6 is 0 Å². The Bertz CT molecular complexity index is 1040. The van der Waals surface area contributed by atoms with Crippen molar-refractivity contribution in [2.75, 3.05) is 19.8 Å². The summed E-state index contributed by atoms with van der Waals surface area (Å²) in [5, 5.41) is 11.0. The summed E-state index contributed by atoms with van der Waals surface area (Å²) in [4.78, 5) is 27.4. The van der Waals surface area contributed by atoms with Crippen molar-refractivity contribution in [3.63, 3.8) is 0 Å². The number of nitrogens with zero attached hydrogens (tertiary/aromatic N) is 1. The second-order valence-corrected chi connectivity index (χ2v) is 7.76. The van der Waals surface area contributed by atoms with Crippen LogP contribution in [0.25, 0.3) is 5.76 Å². The Balaban J connectivity index is 1.76. The van der Waals surface area contributed by atoms with Gasteiger partial charge in [0.15, 0.2) is 0 Å². The molecule has 1 N–H and O–H groups in total. The highest BCUT2D eigenvalue weighted by Crippen LogP contribution is 2.40. The lowest BCUT2D eigenvalue weighted by molar-refractivity contribution is -0.140. The van der Waals surface area contributed by atoms with Crippen molar-refractivity contribution in [3.05, 3.63) is 83.7 Å². The number of amides is 1. The van der Waals surface area contributed by atoms with Crippen molar-refractivity contribution in [2.45, 2.75) is 25.0 Å². The molecule has 2 fully saturated rings. The van der Waals surface area contributed by atoms with Gasteiger partial charge < -0.3 is 19.5 Å². The zero-order valence-corrected chi connectivity index (χ0v) is 17.5. The third-order valence-electron chi connectivity index (χ3n) is 5.65. The van der Waals surface area contributed by atoms with Crippen molar-refractivity contribution < 1.29 is 28.6 Å². The first kappa shape index (κ1) is 21.8. The molecule has 0 saturated carbocycles. The van der Waals surface area contributed by atoms with E-state index in [-0.39, 0.29) is 29.5 Å². The average Bonchev–Trinajstić information content (AvgIpc) is 3.40. The second-order valence-electron chi connectivity index (χ2n) is 7.76. The number of rotatable bonds is 7. The van der Waals surface area contributed by atoms with Gasteiger partial charge in [-0.1, -0.05) is 24.8 Å². The third-order valence-corrected chi connectivity index (χ3v) is 5.65. The first-order chi connectivity index (χ1) is 15.5. The van der Waals surface area contributed by atoms with E-state index < -0.39 is 23.5 Å². The molecular formula is C25H24FNO5. The van der Waals surface area contributed by atoms with Gasteiger partial charge in [0.2, 0.25) is 0 Å². The lowest BCUT2D eigenvalue weighted by Crippen LogP contribution is -2.36. The molecule has 4 rings (SSSR count). The SMILES string of the molecule is C=CCOc1ccc(C2/C(=C(\O)c3ccc(F)cc3)C(=O)C(=O)N2CC2CCCO2)cc1. The van der Waals surface area contributed by atoms with E-state index in [0.29, 0.717) is 24.5 Å². The average molecular weight is 437 g/mol. The van der Waals surface area contributed by atoms with Crippen LogP contribution in [0.5, 0.6) is 5.75 Å². The Morgan fingerprint density at radius 3 is 2.53 bits per heavy atom. The van der Waals surface area contributed by atoms with Gasteiger partial charge in [-0.05, 0) is 54.8 Å². The molecule has 2 unspecified atom stereocenters. The van der Waals surface area contributed by atoms with Gasteiger partial charge in [-0.2, -0.15) is 0 Å². The largest absolute Gasteiger partial charge is 0.507 e. The predicted octanol–water partition coefficient (Wildman–Crippen LogP) is 3.99. The molecule has 0 aromatic heterocycles. The molecule has 2 saturated heterocycles. The van der Waals surface area contributed by atoms with Gasteiger partial charge in [-0.25, -0.2) is 4.39 Å². The van der Waals surface area contributed by atoms with Crippen LogP contribution in [0.4, 0.5) is 4.39 Å². The molecule has 2 heterocycles. The number of aliphatic hydroxyl groups excluding tert-OH is 1. The number of Topliss-reactive ketones (excluding diaryl/α,β-unsaturated/α-hetero) is 1. The van der Waals surface area contributed by atoms with Gasteiger partial charge in [-0.15, -0.1) is 0 Å². The molecule has 2 aliphatic rings. The standard InChI is InChI=1S/C25H24FNO5/c1-2-13-31-19-11-7-16(8-12-19)22-21(23(28)17-5-9-18(26)10-6-17)24(29)25(30)27(22)15-20-4-3-14-32-20/h2,5-12,20,22,28H,1,3-4,13-15H2/b23-21+. The van der Waals surface area contributed by atoms with Crippen molar-refractivity contribution in [1.82, 2.24) is 4.90 Å². The van der Waals surface area contributed by atoms with E-state index in [9.17, 15) is 19.1 Å². The summed E-state index contributed by atoms with van der Waals surface area (Å²) in [5.74, 6) is -1.66. The zero-order chi connectivity index (χ0) is 22.7. The number of carbonyl (C=O) groups excluding carboxylic acids is 2. The Morgan fingerprint density at radius 2 is 1.91 bits per heavy atom. The van der Waals surface area contributed by atoms with E-state index in [0.717, 1.165) is 12.8 Å². The minimum Gasteiger partial charge on any atom is -0.507 e. The van der Waals surface area contributed by atoms with Crippen LogP contribution in [0.1, 0.15) is 30.0 Å². The van der Waals surface area contributed by atoms with Crippen molar-refractivity contribution in [3.8, 4) is 5.75 Å². The molecule has 2 aromatic carbocycles. The molecule has 0 spiro atoms. The van der Waals surface area contributed by atoms with Crippen molar-refractivity contribution in [2.24, 2.45) is 0 Å². The molecule has 2 atom stereocenters. The number of aliphatic hydroxyl groups is 1. The molecule has 0 radical (unpaired) electrons. The van der Waals surface area contributed by atoms with Crippen LogP contribution < -0.4 is 4.74 Å². The number of benzene rings is 2. The molecule has 7 heteroatoms. The summed E-state index contributed by atoms with van der Waals surface area (Å²) < 4.78 is 24.6. The fourth-order valence-electron chi connectivity index (χ4n) is 4.09. The number of ketones is 1. The highest BCUT2D eigenvalue weighted by molar-refractivity contribution is 6.46. The van der Waals surface area contributed by atoms with Crippen LogP contribution in [0.2, 0.25) is 0 Å². The minimum absolute atomic E-state index is 0.0284. The van der Waals surface area contributed by atoms with Crippen molar-refractivity contribution in [1.29, 1.82) is 0 Å². The molecule has 0 bridgehead atoms. The summed E-state index contributed by atoms with van der Waals surface area (Å²) in [7, 11) is 0. The van der Waals surface area contributed by atoms with Crippen LogP contribution in [0.15, 0.2) is 66.8 Å². The molecule has 6 nitrogen and oxygen atoms in total. The van der Waals surface area contributed by atoms with E-state index in [1.165, 1.54) is 29.2 Å². The van der Waals surface area contributed by atoms with Gasteiger partial charge in [0.25, 0.3) is 11.7 Å². The van der Waals surface area contributed by atoms with Gasteiger partial charge >= 0.3 is 0 Å². The second kappa shape index (κ2) is 9.36. The third kappa shape index (κ3) is 4.29. The molecule has 32 heavy (non-hydrogen) atoms. The number of carbonyl (C=O) groups is 2. The fraction of sp³-hybridized carbons (Fsp3) is 0.280. The Labute approximate surface area is 185 Å². The molecule has 2 aliphatic heterocycles. The van der Waals surface area contributed by atoms with Gasteiger partial charge in [0, 0.05) is 18.7 Å². The van der Waals surface area contributed by atoms with Gasteiger partial charge in [-0.3, -0.25) is 9.59 Å². The number of hydrogen-bond acceptors (Lipinski definition) is 5. The van der Waals surface area contributed by atoms with E-state index in [4.69, 9.17) is 9.47 Å². The summed E-state index contributed by atoms with van der Waals surface area (Å²) >= 11 is 0. The first-order valence-corrected chi connectivity index (χ1v) is 10.5. The fourth-order valence-corrected chi connectivity index (χ4v) is 4.09. The maximum Gasteiger partial charge on any atom is 0.295 e. The summed E-state index contributed by atoms with van der Waals surface area (Å²) in [5.41, 5.74) is 0.883. The maximum absolute atomic E-state index is 13.4. The van der Waals surface area contributed by atoms with Gasteiger partial charge in [0.1, 0.15) is 23.9 Å². The lowest BCUT2D eigenvalue weighted by atomic mass is 9.95. The van der Waals surface area contributed by atoms with Crippen molar-refractivity contribution >= 4 is 17.4 Å². The molecule has 166 valence electrons. The predicted molar refractivity (Wildman–Crippen MR) is 117 cm³/mol. The molecular weight excluding hydrogens is 413 g/mol. The topological polar surface area (TPSA) is 76.1 Å². The summed E-state index contributed by atoms with van der Waals surface area (Å²) in [6.07, 6.45) is 3.15. The Kier molecular flexibility index (Phi) is 6.37. The summed E-state index contributed by atoms with van der Waals surface area (Å²) in [6, 6.07) is 11.3. The molecule has 1 amide bonds. The van der Waals surface area contributed by atoms with Crippen LogP contribution in [0.3, 0.4) is 0 Å². The van der Waals surface area contributed by atoms with Gasteiger partial charge in [0.05, 0.1) is 17.7 Å². The smallest absolute Gasteiger partial charge is 0.295 e. The number of likely N-dealkylation sites (tertiary alicyclic amines) is 1. The number of ether oxygens (including phenoxy) is 2. The lowest BCUT2D eigenvalue weighted by Gasteiger charge is -2.27. The normalized spacial score (nSPS) is 22.3. The Hall–Kier alpha value is -3.45. The van der Waals surface area contributed by atoms with E-state index >= 15 is 0 Å². The monoisotopic (exact) mass is 437 g/mol. The highest BCUT2D eigenvalue weighted by atomic mass is 19.1. The van der Waals surface area contributed by atoms with E-state index in [2.05, 4.69) is 6.58 Å². The molecule has 2 aromatic rings. The number of hydrogen-bond donors (Lipinski definition) is 1. The zero-order valence-electron chi connectivity index (χ0n) is 17.5. The first-order valence-electron chi connectivity index (χ1n) is 10.5. The van der Waals surface area contributed by atoms with E-state index in [1.807, 2.05) is 0 Å². The van der Waals surface area contributed by atoms with E-state index in [1.54, 1.807) is 30.3 Å².